The van der Waals surface area contributed by atoms with Crippen LogP contribution in [0.5, 0.6) is 5.75 Å². The SMILES string of the molecule is CCC1(Oc2cccc(Cl)c2)NC(C(=O)O)=CS1. The Morgan fingerprint density at radius 1 is 1.61 bits per heavy atom. The number of carboxylic acid groups (broad SMARTS) is 1. The number of nitrogens with one attached hydrogen (secondary N) is 1. The van der Waals surface area contributed by atoms with Crippen molar-refractivity contribution in [3.05, 3.63) is 40.4 Å². The van der Waals surface area contributed by atoms with Gasteiger partial charge in [0.15, 0.2) is 0 Å². The lowest BCUT2D eigenvalue weighted by Crippen LogP contribution is -2.44. The molecule has 0 radical (unpaired) electrons. The van der Waals surface area contributed by atoms with Crippen molar-refractivity contribution in [1.82, 2.24) is 5.32 Å². The zero-order valence-corrected chi connectivity index (χ0v) is 11.2. The number of rotatable bonds is 4. The lowest BCUT2D eigenvalue weighted by atomic mass is 10.3. The number of ether oxygens (including phenoxy) is 1. The van der Waals surface area contributed by atoms with Gasteiger partial charge in [-0.15, -0.1) is 0 Å². The molecule has 2 rings (SSSR count). The van der Waals surface area contributed by atoms with Gasteiger partial charge in [-0.05, 0) is 18.2 Å². The molecular weight excluding hydrogens is 274 g/mol. The van der Waals surface area contributed by atoms with Gasteiger partial charge in [-0.3, -0.25) is 0 Å². The molecule has 96 valence electrons. The van der Waals surface area contributed by atoms with Crippen LogP contribution in [0.15, 0.2) is 35.4 Å². The van der Waals surface area contributed by atoms with Crippen LogP contribution in [0.3, 0.4) is 0 Å². The van der Waals surface area contributed by atoms with Crippen LogP contribution in [0.2, 0.25) is 5.02 Å². The van der Waals surface area contributed by atoms with E-state index in [0.717, 1.165) is 0 Å². The molecule has 6 heteroatoms. The van der Waals surface area contributed by atoms with E-state index < -0.39 is 11.0 Å². The van der Waals surface area contributed by atoms with Gasteiger partial charge in [-0.2, -0.15) is 0 Å². The molecule has 1 aliphatic rings. The third-order valence-corrected chi connectivity index (χ3v) is 3.91. The fourth-order valence-electron chi connectivity index (χ4n) is 1.54. The lowest BCUT2D eigenvalue weighted by molar-refractivity contribution is -0.133. The number of carbonyl (C=O) groups is 1. The van der Waals surface area contributed by atoms with Gasteiger partial charge in [0, 0.05) is 16.9 Å². The summed E-state index contributed by atoms with van der Waals surface area (Å²) in [6.45, 7) is 1.92. The second kappa shape index (κ2) is 5.12. The van der Waals surface area contributed by atoms with Gasteiger partial charge in [-0.25, -0.2) is 4.79 Å². The number of hydrogen-bond donors (Lipinski definition) is 2. The summed E-state index contributed by atoms with van der Waals surface area (Å²) in [5.74, 6) is -0.392. The molecule has 0 aromatic heterocycles. The Bertz CT molecular complexity index is 506. The highest BCUT2D eigenvalue weighted by Crippen LogP contribution is 2.37. The maximum Gasteiger partial charge on any atom is 0.352 e. The van der Waals surface area contributed by atoms with Crippen LogP contribution < -0.4 is 10.1 Å². The monoisotopic (exact) mass is 285 g/mol. The minimum atomic E-state index is -0.993. The van der Waals surface area contributed by atoms with Gasteiger partial charge in [0.25, 0.3) is 0 Å². The van der Waals surface area contributed by atoms with Crippen molar-refractivity contribution < 1.29 is 14.6 Å². The highest BCUT2D eigenvalue weighted by Gasteiger charge is 2.37. The Kier molecular flexibility index (Phi) is 3.73. The Labute approximate surface area is 114 Å². The molecule has 1 unspecified atom stereocenters. The molecule has 0 saturated carbocycles. The van der Waals surface area contributed by atoms with E-state index in [0.29, 0.717) is 17.2 Å². The molecule has 4 nitrogen and oxygen atoms in total. The number of thioether (sulfide) groups is 1. The van der Waals surface area contributed by atoms with E-state index in [1.807, 2.05) is 6.92 Å². The number of hydrogen-bond acceptors (Lipinski definition) is 4. The maximum absolute atomic E-state index is 10.9. The Balaban J connectivity index is 2.14. The largest absolute Gasteiger partial charge is 0.477 e. The molecule has 18 heavy (non-hydrogen) atoms. The Hall–Kier alpha value is -1.33. The Morgan fingerprint density at radius 3 is 2.94 bits per heavy atom. The number of aliphatic carboxylic acids is 1. The van der Waals surface area contributed by atoms with Crippen LogP contribution in [0.25, 0.3) is 0 Å². The summed E-state index contributed by atoms with van der Waals surface area (Å²) in [5, 5.41) is 13.2. The van der Waals surface area contributed by atoms with Crippen molar-refractivity contribution in [2.24, 2.45) is 0 Å². The predicted octanol–water partition coefficient (Wildman–Crippen LogP) is 3.05. The number of halogens is 1. The maximum atomic E-state index is 10.9. The second-order valence-electron chi connectivity index (χ2n) is 3.75. The molecule has 0 amide bonds. The minimum Gasteiger partial charge on any atom is -0.477 e. The van der Waals surface area contributed by atoms with Crippen LogP contribution in [-0.4, -0.2) is 16.1 Å². The molecule has 1 aromatic carbocycles. The number of benzene rings is 1. The molecule has 1 aliphatic heterocycles. The smallest absolute Gasteiger partial charge is 0.352 e. The van der Waals surface area contributed by atoms with E-state index >= 15 is 0 Å². The average molecular weight is 286 g/mol. The van der Waals surface area contributed by atoms with Crippen molar-refractivity contribution in [2.45, 2.75) is 18.4 Å². The average Bonchev–Trinajstić information content (AvgIpc) is 2.74. The summed E-state index contributed by atoms with van der Waals surface area (Å²) < 4.78 is 5.83. The predicted molar refractivity (Wildman–Crippen MR) is 71.5 cm³/mol. The van der Waals surface area contributed by atoms with E-state index in [2.05, 4.69) is 5.32 Å². The van der Waals surface area contributed by atoms with Crippen molar-refractivity contribution in [3.8, 4) is 5.75 Å². The van der Waals surface area contributed by atoms with Crippen LogP contribution in [0, 0.1) is 0 Å². The van der Waals surface area contributed by atoms with Crippen LogP contribution in [0.4, 0.5) is 0 Å². The second-order valence-corrected chi connectivity index (χ2v) is 5.31. The topological polar surface area (TPSA) is 58.6 Å². The fourth-order valence-corrected chi connectivity index (χ4v) is 2.66. The molecule has 0 fully saturated rings. The van der Waals surface area contributed by atoms with E-state index in [1.54, 1.807) is 29.7 Å². The summed E-state index contributed by atoms with van der Waals surface area (Å²) in [7, 11) is 0. The zero-order valence-electron chi connectivity index (χ0n) is 9.64. The summed E-state index contributed by atoms with van der Waals surface area (Å²) in [5.41, 5.74) is 0.142. The zero-order chi connectivity index (χ0) is 13.2. The molecule has 0 bridgehead atoms. The molecule has 0 spiro atoms. The van der Waals surface area contributed by atoms with Gasteiger partial charge in [-0.1, -0.05) is 36.4 Å². The van der Waals surface area contributed by atoms with Gasteiger partial charge in [0.05, 0.1) is 0 Å². The van der Waals surface area contributed by atoms with Crippen molar-refractivity contribution in [1.29, 1.82) is 0 Å². The summed E-state index contributed by atoms with van der Waals surface area (Å²) in [6.07, 6.45) is 0.609. The van der Waals surface area contributed by atoms with E-state index in [-0.39, 0.29) is 5.70 Å². The Morgan fingerprint density at radius 2 is 2.39 bits per heavy atom. The van der Waals surface area contributed by atoms with Crippen LogP contribution >= 0.6 is 23.4 Å². The third-order valence-electron chi connectivity index (χ3n) is 2.47. The third kappa shape index (κ3) is 2.73. The van der Waals surface area contributed by atoms with Gasteiger partial charge in [0.1, 0.15) is 11.4 Å². The minimum absolute atomic E-state index is 0.142. The quantitative estimate of drug-likeness (QED) is 0.890. The van der Waals surface area contributed by atoms with Crippen molar-refractivity contribution in [2.75, 3.05) is 0 Å². The molecule has 1 atom stereocenters. The summed E-state index contributed by atoms with van der Waals surface area (Å²) in [6, 6.07) is 7.01. The number of carboxylic acids is 1. The fraction of sp³-hybridized carbons (Fsp3) is 0.250. The first-order valence-corrected chi connectivity index (χ1v) is 6.64. The van der Waals surface area contributed by atoms with Gasteiger partial charge >= 0.3 is 5.97 Å². The standard InChI is InChI=1S/C12H12ClNO3S/c1-2-12(14-10(7-18-12)11(15)16)17-9-5-3-4-8(13)6-9/h3-7,14H,2H2,1H3,(H,15,16). The first-order valence-electron chi connectivity index (χ1n) is 5.39. The first-order chi connectivity index (χ1) is 8.54. The highest BCUT2D eigenvalue weighted by molar-refractivity contribution is 8.03. The van der Waals surface area contributed by atoms with E-state index in [1.165, 1.54) is 11.8 Å². The summed E-state index contributed by atoms with van der Waals surface area (Å²) in [4.78, 5) is 10.9. The molecular formula is C12H12ClNO3S. The molecule has 1 heterocycles. The molecule has 0 saturated heterocycles. The van der Waals surface area contributed by atoms with Gasteiger partial charge < -0.3 is 15.2 Å². The lowest BCUT2D eigenvalue weighted by Gasteiger charge is -2.29. The molecule has 2 N–H and O–H groups in total. The van der Waals surface area contributed by atoms with Crippen LogP contribution in [0.1, 0.15) is 13.3 Å². The first kappa shape index (κ1) is 13.1. The van der Waals surface area contributed by atoms with Gasteiger partial charge in [0.2, 0.25) is 5.06 Å². The molecule has 1 aromatic rings. The normalized spacial score (nSPS) is 22.2. The van der Waals surface area contributed by atoms with Crippen molar-refractivity contribution >= 4 is 29.3 Å². The molecule has 0 aliphatic carbocycles. The van der Waals surface area contributed by atoms with Crippen molar-refractivity contribution in [3.63, 3.8) is 0 Å². The highest BCUT2D eigenvalue weighted by atomic mass is 35.5. The van der Waals surface area contributed by atoms with E-state index in [4.69, 9.17) is 21.4 Å². The van der Waals surface area contributed by atoms with Crippen LogP contribution in [-0.2, 0) is 4.79 Å². The summed E-state index contributed by atoms with van der Waals surface area (Å²) >= 11 is 7.19. The van der Waals surface area contributed by atoms with E-state index in [9.17, 15) is 4.79 Å².